The third-order valence-electron chi connectivity index (χ3n) is 2.82. The molecule has 2 rings (SSSR count). The topological polar surface area (TPSA) is 37.8 Å². The second kappa shape index (κ2) is 6.93. The number of benzene rings is 1. The van der Waals surface area contributed by atoms with Gasteiger partial charge in [-0.25, -0.2) is 4.39 Å². The second-order valence-corrected chi connectivity index (χ2v) is 5.47. The lowest BCUT2D eigenvalue weighted by Gasteiger charge is -2.17. The molecule has 0 bridgehead atoms. The minimum Gasteiger partial charge on any atom is -0.309 e. The Kier molecular flexibility index (Phi) is 5.24. The fourth-order valence-corrected chi connectivity index (χ4v) is 2.62. The molecule has 0 spiro atoms. The zero-order valence-corrected chi connectivity index (χ0v) is 12.1. The van der Waals surface area contributed by atoms with E-state index >= 15 is 0 Å². The summed E-state index contributed by atoms with van der Waals surface area (Å²) in [6.07, 6.45) is 3.28. The summed E-state index contributed by atoms with van der Waals surface area (Å²) in [5, 5.41) is 7.39. The maximum Gasteiger partial charge on any atom is 0.145 e. The van der Waals surface area contributed by atoms with Gasteiger partial charge in [-0.15, -0.1) is 5.10 Å². The molecule has 1 aromatic heterocycles. The normalized spacial score (nSPS) is 12.6. The molecule has 0 aliphatic carbocycles. The van der Waals surface area contributed by atoms with E-state index in [1.807, 2.05) is 0 Å². The number of rotatable bonds is 6. The average molecular weight is 300 g/mol. The van der Waals surface area contributed by atoms with Crippen LogP contribution in [0.5, 0.6) is 0 Å². The molecule has 6 heteroatoms. The van der Waals surface area contributed by atoms with Gasteiger partial charge in [0.05, 0.1) is 16.1 Å². The lowest BCUT2D eigenvalue weighted by atomic mass is 10.0. The molecule has 1 atom stereocenters. The Morgan fingerprint density at radius 2 is 2.32 bits per heavy atom. The first-order valence-corrected chi connectivity index (χ1v) is 7.31. The van der Waals surface area contributed by atoms with Gasteiger partial charge in [0.15, 0.2) is 0 Å². The quantitative estimate of drug-likeness (QED) is 0.885. The molecule has 0 amide bonds. The largest absolute Gasteiger partial charge is 0.309 e. The van der Waals surface area contributed by atoms with Crippen LogP contribution in [0.1, 0.15) is 29.8 Å². The van der Waals surface area contributed by atoms with Crippen molar-refractivity contribution in [3.63, 3.8) is 0 Å². The predicted molar refractivity (Wildman–Crippen MR) is 76.1 cm³/mol. The summed E-state index contributed by atoms with van der Waals surface area (Å²) in [6, 6.07) is 5.11. The highest BCUT2D eigenvalue weighted by atomic mass is 35.5. The molecule has 0 aliphatic heterocycles. The highest BCUT2D eigenvalue weighted by molar-refractivity contribution is 7.05. The number of nitrogens with one attached hydrogen (secondary N) is 1. The van der Waals surface area contributed by atoms with E-state index in [-0.39, 0.29) is 16.9 Å². The van der Waals surface area contributed by atoms with Crippen LogP contribution in [0.15, 0.2) is 24.4 Å². The first-order valence-electron chi connectivity index (χ1n) is 6.16. The second-order valence-electron chi connectivity index (χ2n) is 4.24. The van der Waals surface area contributed by atoms with E-state index in [0.717, 1.165) is 17.8 Å². The smallest absolute Gasteiger partial charge is 0.145 e. The van der Waals surface area contributed by atoms with Gasteiger partial charge in [0, 0.05) is 6.04 Å². The Morgan fingerprint density at radius 1 is 1.47 bits per heavy atom. The van der Waals surface area contributed by atoms with E-state index in [9.17, 15) is 4.39 Å². The summed E-state index contributed by atoms with van der Waals surface area (Å²) in [5.41, 5.74) is 0.606. The summed E-state index contributed by atoms with van der Waals surface area (Å²) >= 11 is 7.14. The molecule has 1 N–H and O–H groups in total. The molecule has 102 valence electrons. The van der Waals surface area contributed by atoms with Crippen LogP contribution in [-0.2, 0) is 6.42 Å². The maximum absolute atomic E-state index is 13.9. The number of aromatic nitrogens is 2. The van der Waals surface area contributed by atoms with Gasteiger partial charge in [0.25, 0.3) is 0 Å². The van der Waals surface area contributed by atoms with Crippen molar-refractivity contribution in [2.24, 2.45) is 0 Å². The van der Waals surface area contributed by atoms with Gasteiger partial charge >= 0.3 is 0 Å². The van der Waals surface area contributed by atoms with Gasteiger partial charge in [-0.05, 0) is 42.5 Å². The lowest BCUT2D eigenvalue weighted by Crippen LogP contribution is -2.23. The number of hydrogen-bond acceptors (Lipinski definition) is 4. The molecule has 0 saturated heterocycles. The van der Waals surface area contributed by atoms with E-state index in [1.165, 1.54) is 11.5 Å². The van der Waals surface area contributed by atoms with Crippen molar-refractivity contribution in [3.05, 3.63) is 45.7 Å². The van der Waals surface area contributed by atoms with Crippen molar-refractivity contribution in [1.29, 1.82) is 0 Å². The molecule has 1 aromatic carbocycles. The Labute approximate surface area is 121 Å². The highest BCUT2D eigenvalue weighted by Gasteiger charge is 2.17. The van der Waals surface area contributed by atoms with Gasteiger partial charge in [0.2, 0.25) is 0 Å². The van der Waals surface area contributed by atoms with E-state index in [4.69, 9.17) is 11.6 Å². The molecule has 1 unspecified atom stereocenters. The Balaban J connectivity index is 2.18. The minimum absolute atomic E-state index is 0.0212. The van der Waals surface area contributed by atoms with Crippen LogP contribution in [0.3, 0.4) is 0 Å². The van der Waals surface area contributed by atoms with E-state index < -0.39 is 0 Å². The Morgan fingerprint density at radius 3 is 3.00 bits per heavy atom. The van der Waals surface area contributed by atoms with Crippen LogP contribution in [0, 0.1) is 5.82 Å². The van der Waals surface area contributed by atoms with Crippen molar-refractivity contribution in [2.75, 3.05) is 6.54 Å². The van der Waals surface area contributed by atoms with Gasteiger partial charge in [-0.3, -0.25) is 0 Å². The first-order chi connectivity index (χ1) is 9.22. The zero-order valence-electron chi connectivity index (χ0n) is 10.6. The standard InChI is InChI=1S/C13H15ClFN3S/c1-2-6-16-11(12-8-17-18-19-12)7-9-4-3-5-10(14)13(9)15/h3-5,8,11,16H,2,6-7H2,1H3. The number of hydrogen-bond donors (Lipinski definition) is 1. The third kappa shape index (κ3) is 3.72. The van der Waals surface area contributed by atoms with Crippen LogP contribution in [0.25, 0.3) is 0 Å². The lowest BCUT2D eigenvalue weighted by molar-refractivity contribution is 0.518. The fourth-order valence-electron chi connectivity index (χ4n) is 1.85. The highest BCUT2D eigenvalue weighted by Crippen LogP contribution is 2.25. The summed E-state index contributed by atoms with van der Waals surface area (Å²) in [7, 11) is 0. The third-order valence-corrected chi connectivity index (χ3v) is 3.89. The first kappa shape index (κ1) is 14.4. The van der Waals surface area contributed by atoms with Crippen LogP contribution in [0.2, 0.25) is 5.02 Å². The average Bonchev–Trinajstić information content (AvgIpc) is 2.93. The summed E-state index contributed by atoms with van der Waals surface area (Å²) in [4.78, 5) is 1.01. The molecule has 1 heterocycles. The van der Waals surface area contributed by atoms with Gasteiger partial charge in [-0.2, -0.15) is 0 Å². The molecule has 0 saturated carbocycles. The molecule has 0 radical (unpaired) electrons. The number of halogens is 2. The molecular formula is C13H15ClFN3S. The molecule has 19 heavy (non-hydrogen) atoms. The van der Waals surface area contributed by atoms with Crippen molar-refractivity contribution >= 4 is 23.1 Å². The Bertz CT molecular complexity index is 519. The number of nitrogens with zero attached hydrogens (tertiary/aromatic N) is 2. The van der Waals surface area contributed by atoms with Crippen LogP contribution >= 0.6 is 23.1 Å². The van der Waals surface area contributed by atoms with E-state index in [1.54, 1.807) is 24.4 Å². The predicted octanol–water partition coefficient (Wildman–Crippen LogP) is 3.61. The van der Waals surface area contributed by atoms with Crippen molar-refractivity contribution in [3.8, 4) is 0 Å². The van der Waals surface area contributed by atoms with Gasteiger partial charge < -0.3 is 5.32 Å². The molecule has 0 aliphatic rings. The summed E-state index contributed by atoms with van der Waals surface area (Å²) < 4.78 is 17.8. The van der Waals surface area contributed by atoms with Crippen LogP contribution in [0.4, 0.5) is 4.39 Å². The molecule has 0 fully saturated rings. The molecular weight excluding hydrogens is 285 g/mol. The Hall–Kier alpha value is -1.04. The van der Waals surface area contributed by atoms with Crippen molar-refractivity contribution in [1.82, 2.24) is 14.9 Å². The minimum atomic E-state index is -0.343. The van der Waals surface area contributed by atoms with E-state index in [0.29, 0.717) is 12.0 Å². The van der Waals surface area contributed by atoms with Gasteiger partial charge in [-0.1, -0.05) is 35.1 Å². The maximum atomic E-state index is 13.9. The van der Waals surface area contributed by atoms with Crippen LogP contribution < -0.4 is 5.32 Å². The molecule has 3 nitrogen and oxygen atoms in total. The summed E-state index contributed by atoms with van der Waals surface area (Å²) in [5.74, 6) is -0.343. The fraction of sp³-hybridized carbons (Fsp3) is 0.385. The zero-order chi connectivity index (χ0) is 13.7. The van der Waals surface area contributed by atoms with Gasteiger partial charge in [0.1, 0.15) is 5.82 Å². The van der Waals surface area contributed by atoms with Crippen LogP contribution in [-0.4, -0.2) is 16.1 Å². The summed E-state index contributed by atoms with van der Waals surface area (Å²) in [6.45, 7) is 2.96. The van der Waals surface area contributed by atoms with Crippen molar-refractivity contribution < 1.29 is 4.39 Å². The van der Waals surface area contributed by atoms with E-state index in [2.05, 4.69) is 21.8 Å². The van der Waals surface area contributed by atoms with Crippen molar-refractivity contribution in [2.45, 2.75) is 25.8 Å². The molecule has 2 aromatic rings. The SMILES string of the molecule is CCCNC(Cc1cccc(Cl)c1F)c1cnns1. The monoisotopic (exact) mass is 299 g/mol.